The van der Waals surface area contributed by atoms with Gasteiger partial charge in [0.05, 0.1) is 22.0 Å². The summed E-state index contributed by atoms with van der Waals surface area (Å²) in [5.41, 5.74) is 0.759. The predicted molar refractivity (Wildman–Crippen MR) is 116 cm³/mol. The first-order valence-electron chi connectivity index (χ1n) is 8.94. The van der Waals surface area contributed by atoms with Crippen LogP contribution in [0.25, 0.3) is 11.0 Å². The van der Waals surface area contributed by atoms with Gasteiger partial charge in [0.15, 0.2) is 5.43 Å². The molecule has 30 heavy (non-hydrogen) atoms. The molecule has 1 amide bonds. The molecule has 0 spiro atoms. The highest BCUT2D eigenvalue weighted by Crippen LogP contribution is 2.41. The molecule has 0 fully saturated rings. The van der Waals surface area contributed by atoms with Crippen molar-refractivity contribution in [2.24, 2.45) is 0 Å². The van der Waals surface area contributed by atoms with Crippen LogP contribution in [0, 0.1) is 0 Å². The molecule has 3 heterocycles. The van der Waals surface area contributed by atoms with Crippen LogP contribution >= 0.6 is 27.5 Å². The van der Waals surface area contributed by atoms with Crippen LogP contribution in [0.5, 0.6) is 5.75 Å². The van der Waals surface area contributed by atoms with Crippen LogP contribution in [-0.2, 0) is 0 Å². The topological polar surface area (TPSA) is 83.6 Å². The smallest absolute Gasteiger partial charge is 0.296 e. The van der Waals surface area contributed by atoms with E-state index in [1.807, 2.05) is 0 Å². The number of hydrogen-bond acceptors (Lipinski definition) is 5. The quantitative estimate of drug-likeness (QED) is 0.431. The Hall–Kier alpha value is -3.16. The zero-order chi connectivity index (χ0) is 21.0. The fraction of sp³-hybridized carbons (Fsp3) is 0.0455. The van der Waals surface area contributed by atoms with E-state index in [2.05, 4.69) is 20.9 Å². The molecule has 0 bridgehead atoms. The molecule has 0 saturated heterocycles. The van der Waals surface area contributed by atoms with Crippen molar-refractivity contribution in [1.29, 1.82) is 0 Å². The molecule has 0 radical (unpaired) electrons. The van der Waals surface area contributed by atoms with Crippen molar-refractivity contribution >= 4 is 50.2 Å². The second-order valence-corrected chi connectivity index (χ2v) is 8.17. The van der Waals surface area contributed by atoms with Crippen molar-refractivity contribution in [2.75, 3.05) is 4.90 Å². The maximum absolute atomic E-state index is 13.5. The summed E-state index contributed by atoms with van der Waals surface area (Å²) >= 11 is 9.33. The van der Waals surface area contributed by atoms with E-state index >= 15 is 0 Å². The zero-order valence-corrected chi connectivity index (χ0v) is 17.5. The lowest BCUT2D eigenvalue weighted by Crippen LogP contribution is -2.30. The molecule has 0 saturated carbocycles. The third-order valence-electron chi connectivity index (χ3n) is 4.98. The molecule has 148 valence electrons. The van der Waals surface area contributed by atoms with Crippen LogP contribution < -0.4 is 10.3 Å². The van der Waals surface area contributed by atoms with Crippen molar-refractivity contribution in [2.45, 2.75) is 6.04 Å². The number of halogens is 2. The summed E-state index contributed by atoms with van der Waals surface area (Å²) in [6.07, 6.45) is 1.43. The highest BCUT2D eigenvalue weighted by atomic mass is 79.9. The second kappa shape index (κ2) is 6.97. The van der Waals surface area contributed by atoms with E-state index in [1.54, 1.807) is 42.5 Å². The molecule has 4 aromatic rings. The molecule has 1 N–H and O–H groups in total. The summed E-state index contributed by atoms with van der Waals surface area (Å²) in [5.74, 6) is -0.200. The van der Waals surface area contributed by atoms with Gasteiger partial charge in [-0.1, -0.05) is 39.7 Å². The third-order valence-corrected chi connectivity index (χ3v) is 5.69. The van der Waals surface area contributed by atoms with E-state index in [-0.39, 0.29) is 22.5 Å². The normalized spacial score (nSPS) is 15.6. The number of nitrogens with zero attached hydrogens (tertiary/aromatic N) is 2. The first-order chi connectivity index (χ1) is 14.4. The number of pyridine rings is 1. The molecule has 0 aliphatic carbocycles. The average Bonchev–Trinajstić information content (AvgIpc) is 3.02. The number of carbonyl (C=O) groups excluding carboxylic acids is 1. The van der Waals surface area contributed by atoms with Crippen LogP contribution in [0.15, 0.2) is 74.5 Å². The van der Waals surface area contributed by atoms with Crippen LogP contribution in [0.3, 0.4) is 0 Å². The van der Waals surface area contributed by atoms with E-state index in [0.29, 0.717) is 27.4 Å². The minimum atomic E-state index is -0.812. The number of phenols is 1. The first-order valence-corrected chi connectivity index (χ1v) is 10.1. The van der Waals surface area contributed by atoms with Crippen LogP contribution in [-0.4, -0.2) is 16.0 Å². The van der Waals surface area contributed by atoms with E-state index in [4.69, 9.17) is 16.0 Å². The van der Waals surface area contributed by atoms with Gasteiger partial charge in [0, 0.05) is 10.7 Å². The summed E-state index contributed by atoms with van der Waals surface area (Å²) in [7, 11) is 0. The van der Waals surface area contributed by atoms with Crippen molar-refractivity contribution in [3.63, 3.8) is 0 Å². The van der Waals surface area contributed by atoms with Gasteiger partial charge in [0.1, 0.15) is 17.2 Å². The Bertz CT molecular complexity index is 1380. The van der Waals surface area contributed by atoms with Crippen LogP contribution in [0.1, 0.15) is 27.7 Å². The molecule has 1 unspecified atom stereocenters. The lowest BCUT2D eigenvalue weighted by Gasteiger charge is -2.24. The maximum Gasteiger partial charge on any atom is 0.296 e. The number of benzene rings is 2. The summed E-state index contributed by atoms with van der Waals surface area (Å²) in [6.45, 7) is 0. The SMILES string of the molecule is O=C1c2oc3ccc(Br)cc3c(=O)c2C(c2cccc(O)c2)N1c1ccc(Cl)cn1. The molecular formula is C22H12BrClN2O4. The lowest BCUT2D eigenvalue weighted by molar-refractivity contribution is 0.0970. The summed E-state index contributed by atoms with van der Waals surface area (Å²) in [6, 6.07) is 13.9. The molecule has 6 nitrogen and oxygen atoms in total. The number of phenolic OH excluding ortho intramolecular Hbond substituents is 1. The van der Waals surface area contributed by atoms with Crippen LogP contribution in [0.4, 0.5) is 5.82 Å². The number of hydrogen-bond donors (Lipinski definition) is 1. The molecule has 1 atom stereocenters. The first kappa shape index (κ1) is 18.8. The number of aromatic hydroxyl groups is 1. The van der Waals surface area contributed by atoms with E-state index < -0.39 is 11.9 Å². The van der Waals surface area contributed by atoms with Gasteiger partial charge < -0.3 is 9.52 Å². The van der Waals surface area contributed by atoms with Crippen molar-refractivity contribution in [3.8, 4) is 5.75 Å². The Morgan fingerprint density at radius 3 is 2.67 bits per heavy atom. The molecule has 8 heteroatoms. The fourth-order valence-corrected chi connectivity index (χ4v) is 4.18. The van der Waals surface area contributed by atoms with E-state index in [1.165, 1.54) is 23.2 Å². The van der Waals surface area contributed by atoms with E-state index in [0.717, 1.165) is 4.47 Å². The van der Waals surface area contributed by atoms with Gasteiger partial charge in [-0.3, -0.25) is 14.5 Å². The molecule has 5 rings (SSSR count). The number of aromatic nitrogens is 1. The minimum absolute atomic E-state index is 0.0188. The summed E-state index contributed by atoms with van der Waals surface area (Å²) < 4.78 is 6.60. The van der Waals surface area contributed by atoms with Crippen molar-refractivity contribution in [1.82, 2.24) is 4.98 Å². The lowest BCUT2D eigenvalue weighted by atomic mass is 9.98. The molecule has 2 aromatic heterocycles. The largest absolute Gasteiger partial charge is 0.508 e. The Morgan fingerprint density at radius 2 is 1.93 bits per heavy atom. The number of amides is 1. The Kier molecular flexibility index (Phi) is 4.38. The molecule has 2 aromatic carbocycles. The number of carbonyl (C=O) groups is 1. The molecule has 1 aliphatic heterocycles. The van der Waals surface area contributed by atoms with E-state index in [9.17, 15) is 14.7 Å². The standard InChI is InChI=1S/C22H12BrClN2O4/c23-12-4-6-16-15(9-12)20(28)18-19(11-2-1-3-14(27)8-11)26(22(29)21(18)30-16)17-7-5-13(24)10-25-17/h1-10,19,27H. The summed E-state index contributed by atoms with van der Waals surface area (Å²) in [4.78, 5) is 32.5. The van der Waals surface area contributed by atoms with Gasteiger partial charge in [-0.05, 0) is 48.0 Å². The monoisotopic (exact) mass is 482 g/mol. The fourth-order valence-electron chi connectivity index (χ4n) is 3.70. The summed E-state index contributed by atoms with van der Waals surface area (Å²) in [5, 5.41) is 10.8. The Labute approximate surface area is 183 Å². The Morgan fingerprint density at radius 1 is 1.10 bits per heavy atom. The number of anilines is 1. The Balaban J connectivity index is 1.83. The number of fused-ring (bicyclic) bond motifs is 2. The van der Waals surface area contributed by atoms with Crippen LogP contribution in [0.2, 0.25) is 5.02 Å². The highest BCUT2D eigenvalue weighted by molar-refractivity contribution is 9.10. The van der Waals surface area contributed by atoms with Crippen molar-refractivity contribution < 1.29 is 14.3 Å². The van der Waals surface area contributed by atoms with Gasteiger partial charge in [-0.25, -0.2) is 4.98 Å². The number of rotatable bonds is 2. The van der Waals surface area contributed by atoms with Gasteiger partial charge in [-0.2, -0.15) is 0 Å². The molecular weight excluding hydrogens is 472 g/mol. The highest BCUT2D eigenvalue weighted by Gasteiger charge is 2.44. The third kappa shape index (κ3) is 2.89. The van der Waals surface area contributed by atoms with Gasteiger partial charge in [0.2, 0.25) is 5.76 Å². The van der Waals surface area contributed by atoms with Crippen molar-refractivity contribution in [3.05, 3.63) is 97.4 Å². The zero-order valence-electron chi connectivity index (χ0n) is 15.2. The maximum atomic E-state index is 13.5. The molecule has 1 aliphatic rings. The van der Waals surface area contributed by atoms with Gasteiger partial charge >= 0.3 is 0 Å². The minimum Gasteiger partial charge on any atom is -0.508 e. The van der Waals surface area contributed by atoms with Gasteiger partial charge in [-0.15, -0.1) is 0 Å². The predicted octanol–water partition coefficient (Wildman–Crippen LogP) is 5.06. The second-order valence-electron chi connectivity index (χ2n) is 6.82. The van der Waals surface area contributed by atoms with Gasteiger partial charge in [0.25, 0.3) is 5.91 Å². The average molecular weight is 484 g/mol.